The Kier molecular flexibility index (Phi) is 5.82. The van der Waals surface area contributed by atoms with Gasteiger partial charge < -0.3 is 10.6 Å². The van der Waals surface area contributed by atoms with Gasteiger partial charge in [0, 0.05) is 24.1 Å². The van der Waals surface area contributed by atoms with Crippen LogP contribution in [0.25, 0.3) is 0 Å². The van der Waals surface area contributed by atoms with Crippen molar-refractivity contribution in [3.63, 3.8) is 0 Å². The molecule has 1 aliphatic heterocycles. The second-order valence-electron chi connectivity index (χ2n) is 3.26. The molecule has 72 valence electrons. The molecule has 1 saturated heterocycles. The van der Waals surface area contributed by atoms with Crippen molar-refractivity contribution in [1.29, 1.82) is 0 Å². The van der Waals surface area contributed by atoms with E-state index in [1.165, 1.54) is 44.0 Å². The molecule has 0 bridgehead atoms. The van der Waals surface area contributed by atoms with Crippen molar-refractivity contribution in [3.8, 4) is 0 Å². The van der Waals surface area contributed by atoms with Crippen molar-refractivity contribution >= 4 is 11.8 Å². The molecule has 0 saturated carbocycles. The first-order chi connectivity index (χ1) is 5.93. The monoisotopic (exact) mass is 188 g/mol. The molecule has 3 heteroatoms. The maximum absolute atomic E-state index is 3.54. The van der Waals surface area contributed by atoms with Gasteiger partial charge in [0.25, 0.3) is 0 Å². The zero-order valence-corrected chi connectivity index (χ0v) is 8.75. The number of hydrogen-bond acceptors (Lipinski definition) is 3. The highest BCUT2D eigenvalue weighted by atomic mass is 32.2. The molecule has 1 fully saturated rings. The molecule has 0 aromatic rings. The third-order valence-electron chi connectivity index (χ3n) is 2.09. The van der Waals surface area contributed by atoms with E-state index in [2.05, 4.69) is 29.3 Å². The lowest BCUT2D eigenvalue weighted by atomic mass is 10.2. The van der Waals surface area contributed by atoms with E-state index in [0.717, 1.165) is 6.04 Å². The Morgan fingerprint density at radius 2 is 2.42 bits per heavy atom. The highest BCUT2D eigenvalue weighted by Crippen LogP contribution is 2.09. The van der Waals surface area contributed by atoms with E-state index in [-0.39, 0.29) is 0 Å². The van der Waals surface area contributed by atoms with E-state index < -0.39 is 0 Å². The molecule has 2 N–H and O–H groups in total. The van der Waals surface area contributed by atoms with Gasteiger partial charge in [-0.15, -0.1) is 0 Å². The van der Waals surface area contributed by atoms with Gasteiger partial charge in [0.2, 0.25) is 0 Å². The standard InChI is InChI=1S/C9H20N2S/c1-2-4-10-5-3-9-8-12-7-6-11-9/h9-11H,2-8H2,1H3. The molecule has 12 heavy (non-hydrogen) atoms. The lowest BCUT2D eigenvalue weighted by molar-refractivity contribution is 0.503. The molecule has 1 aliphatic rings. The van der Waals surface area contributed by atoms with E-state index in [9.17, 15) is 0 Å². The number of rotatable bonds is 5. The van der Waals surface area contributed by atoms with E-state index in [0.29, 0.717) is 0 Å². The van der Waals surface area contributed by atoms with E-state index >= 15 is 0 Å². The lowest BCUT2D eigenvalue weighted by Gasteiger charge is -2.23. The van der Waals surface area contributed by atoms with E-state index in [1.807, 2.05) is 0 Å². The molecule has 1 heterocycles. The summed E-state index contributed by atoms with van der Waals surface area (Å²) in [7, 11) is 0. The predicted octanol–water partition coefficient (Wildman–Crippen LogP) is 1.08. The Labute approximate surface area is 79.9 Å². The Bertz CT molecular complexity index is 103. The van der Waals surface area contributed by atoms with Crippen molar-refractivity contribution in [1.82, 2.24) is 10.6 Å². The van der Waals surface area contributed by atoms with Crippen LogP contribution >= 0.6 is 11.8 Å². The number of thioether (sulfide) groups is 1. The quantitative estimate of drug-likeness (QED) is 0.631. The zero-order valence-electron chi connectivity index (χ0n) is 7.94. The summed E-state index contributed by atoms with van der Waals surface area (Å²) >= 11 is 2.08. The summed E-state index contributed by atoms with van der Waals surface area (Å²) in [5, 5.41) is 6.97. The Hall–Kier alpha value is 0.270. The molecule has 1 unspecified atom stereocenters. The maximum atomic E-state index is 3.54. The summed E-state index contributed by atoms with van der Waals surface area (Å²) < 4.78 is 0. The SMILES string of the molecule is CCCNCCC1CSCCN1. The van der Waals surface area contributed by atoms with Gasteiger partial charge in [-0.1, -0.05) is 6.92 Å². The van der Waals surface area contributed by atoms with Crippen LogP contribution in [0.4, 0.5) is 0 Å². The maximum Gasteiger partial charge on any atom is 0.0170 e. The predicted molar refractivity (Wildman–Crippen MR) is 56.9 cm³/mol. The van der Waals surface area contributed by atoms with E-state index in [1.54, 1.807) is 0 Å². The fraction of sp³-hybridized carbons (Fsp3) is 1.00. The summed E-state index contributed by atoms with van der Waals surface area (Å²) in [5.74, 6) is 2.59. The summed E-state index contributed by atoms with van der Waals surface area (Å²) in [6.07, 6.45) is 2.53. The summed E-state index contributed by atoms with van der Waals surface area (Å²) in [6.45, 7) is 5.75. The van der Waals surface area contributed by atoms with Gasteiger partial charge in [-0.3, -0.25) is 0 Å². The van der Waals surface area contributed by atoms with Gasteiger partial charge in [0.05, 0.1) is 0 Å². The largest absolute Gasteiger partial charge is 0.317 e. The Morgan fingerprint density at radius 1 is 1.50 bits per heavy atom. The third-order valence-corrected chi connectivity index (χ3v) is 3.23. The molecule has 0 aromatic heterocycles. The molecule has 0 spiro atoms. The van der Waals surface area contributed by atoms with Crippen molar-refractivity contribution < 1.29 is 0 Å². The van der Waals surface area contributed by atoms with Gasteiger partial charge in [-0.25, -0.2) is 0 Å². The minimum absolute atomic E-state index is 0.758. The molecule has 0 aliphatic carbocycles. The lowest BCUT2D eigenvalue weighted by Crippen LogP contribution is -2.39. The number of hydrogen-bond donors (Lipinski definition) is 2. The third kappa shape index (κ3) is 4.33. The van der Waals surface area contributed by atoms with E-state index in [4.69, 9.17) is 0 Å². The van der Waals surface area contributed by atoms with Crippen LogP contribution in [0.3, 0.4) is 0 Å². The number of nitrogens with one attached hydrogen (secondary N) is 2. The topological polar surface area (TPSA) is 24.1 Å². The fourth-order valence-electron chi connectivity index (χ4n) is 1.38. The van der Waals surface area contributed by atoms with Crippen molar-refractivity contribution in [3.05, 3.63) is 0 Å². The van der Waals surface area contributed by atoms with Crippen LogP contribution in [0.1, 0.15) is 19.8 Å². The molecular weight excluding hydrogens is 168 g/mol. The van der Waals surface area contributed by atoms with Gasteiger partial charge in [-0.2, -0.15) is 11.8 Å². The zero-order chi connectivity index (χ0) is 8.65. The van der Waals surface area contributed by atoms with Crippen molar-refractivity contribution in [2.75, 3.05) is 31.1 Å². The second kappa shape index (κ2) is 6.75. The van der Waals surface area contributed by atoms with Gasteiger partial charge in [0.15, 0.2) is 0 Å². The minimum Gasteiger partial charge on any atom is -0.317 e. The summed E-state index contributed by atoms with van der Waals surface area (Å²) in [6, 6.07) is 0.758. The molecule has 0 amide bonds. The average molecular weight is 188 g/mol. The van der Waals surface area contributed by atoms with Crippen LogP contribution in [-0.4, -0.2) is 37.2 Å². The highest BCUT2D eigenvalue weighted by Gasteiger charge is 2.11. The highest BCUT2D eigenvalue weighted by molar-refractivity contribution is 7.99. The minimum atomic E-state index is 0.758. The van der Waals surface area contributed by atoms with Crippen LogP contribution < -0.4 is 10.6 Å². The average Bonchev–Trinajstić information content (AvgIpc) is 2.14. The van der Waals surface area contributed by atoms with Crippen LogP contribution in [0.5, 0.6) is 0 Å². The van der Waals surface area contributed by atoms with Gasteiger partial charge >= 0.3 is 0 Å². The van der Waals surface area contributed by atoms with Crippen molar-refractivity contribution in [2.24, 2.45) is 0 Å². The molecule has 2 nitrogen and oxygen atoms in total. The Morgan fingerprint density at radius 3 is 3.08 bits per heavy atom. The smallest absolute Gasteiger partial charge is 0.0170 e. The molecule has 0 aromatic carbocycles. The summed E-state index contributed by atoms with van der Waals surface area (Å²) in [5.41, 5.74) is 0. The molecule has 1 rings (SSSR count). The summed E-state index contributed by atoms with van der Waals surface area (Å²) in [4.78, 5) is 0. The van der Waals surface area contributed by atoms with Crippen LogP contribution in [0.15, 0.2) is 0 Å². The molecule has 0 radical (unpaired) electrons. The Balaban J connectivity index is 1.91. The van der Waals surface area contributed by atoms with Crippen molar-refractivity contribution in [2.45, 2.75) is 25.8 Å². The second-order valence-corrected chi connectivity index (χ2v) is 4.41. The van der Waals surface area contributed by atoms with Crippen LogP contribution in [-0.2, 0) is 0 Å². The first kappa shape index (κ1) is 10.4. The van der Waals surface area contributed by atoms with Crippen LogP contribution in [0.2, 0.25) is 0 Å². The van der Waals surface area contributed by atoms with Gasteiger partial charge in [-0.05, 0) is 25.9 Å². The molecule has 1 atom stereocenters. The fourth-order valence-corrected chi connectivity index (χ4v) is 2.38. The molecular formula is C9H20N2S. The normalized spacial score (nSPS) is 24.2. The van der Waals surface area contributed by atoms with Gasteiger partial charge in [0.1, 0.15) is 0 Å². The first-order valence-corrected chi connectivity index (χ1v) is 6.10. The van der Waals surface area contributed by atoms with Crippen LogP contribution in [0, 0.1) is 0 Å². The first-order valence-electron chi connectivity index (χ1n) is 4.95.